The first kappa shape index (κ1) is 18.3. The summed E-state index contributed by atoms with van der Waals surface area (Å²) in [5, 5.41) is 0. The zero-order valence-corrected chi connectivity index (χ0v) is 14.7. The first-order valence-electron chi connectivity index (χ1n) is 8.36. The van der Waals surface area contributed by atoms with Gasteiger partial charge in [0.1, 0.15) is 18.4 Å². The number of aryl methyl sites for hydroxylation is 1. The molecule has 1 aromatic rings. The highest BCUT2D eigenvalue weighted by Gasteiger charge is 2.35. The van der Waals surface area contributed by atoms with Gasteiger partial charge >= 0.3 is 0 Å². The maximum Gasteiger partial charge on any atom is 0.245 e. The van der Waals surface area contributed by atoms with E-state index in [4.69, 9.17) is 9.47 Å². The standard InChI is InChI=1S/C18H26N2O4/c1-4-15-7-5-6-8-16(15)24-12-10-20-14(2)18(22)19(9-11-23-3)13-17(20)21/h5-8,14H,4,9-13H2,1-3H3/t14-/m0/s1. The number of nitrogens with zero attached hydrogens (tertiary/aromatic N) is 2. The van der Waals surface area contributed by atoms with Crippen molar-refractivity contribution in [1.29, 1.82) is 0 Å². The van der Waals surface area contributed by atoms with Crippen LogP contribution in [0.3, 0.4) is 0 Å². The lowest BCUT2D eigenvalue weighted by Crippen LogP contribution is -2.59. The summed E-state index contributed by atoms with van der Waals surface area (Å²) in [6.45, 7) is 5.60. The Labute approximate surface area is 143 Å². The lowest BCUT2D eigenvalue weighted by atomic mass is 10.1. The highest BCUT2D eigenvalue weighted by molar-refractivity contribution is 5.94. The molecule has 1 heterocycles. The Bertz CT molecular complexity index is 576. The quantitative estimate of drug-likeness (QED) is 0.720. The summed E-state index contributed by atoms with van der Waals surface area (Å²) < 4.78 is 10.8. The number of carbonyl (C=O) groups excluding carboxylic acids is 2. The molecule has 0 aliphatic carbocycles. The van der Waals surface area contributed by atoms with Crippen LogP contribution in [-0.4, -0.2) is 67.6 Å². The van der Waals surface area contributed by atoms with Crippen LogP contribution < -0.4 is 4.74 Å². The molecule has 2 rings (SSSR count). The van der Waals surface area contributed by atoms with E-state index in [2.05, 4.69) is 6.92 Å². The van der Waals surface area contributed by atoms with Gasteiger partial charge in [-0.25, -0.2) is 0 Å². The molecule has 1 aromatic carbocycles. The fourth-order valence-electron chi connectivity index (χ4n) is 2.85. The van der Waals surface area contributed by atoms with E-state index in [9.17, 15) is 9.59 Å². The molecule has 24 heavy (non-hydrogen) atoms. The maximum atomic E-state index is 12.4. The molecule has 6 heteroatoms. The van der Waals surface area contributed by atoms with E-state index < -0.39 is 6.04 Å². The minimum Gasteiger partial charge on any atom is -0.491 e. The van der Waals surface area contributed by atoms with E-state index in [1.807, 2.05) is 24.3 Å². The van der Waals surface area contributed by atoms with Gasteiger partial charge in [-0.3, -0.25) is 9.59 Å². The second kappa shape index (κ2) is 8.68. The van der Waals surface area contributed by atoms with Crippen LogP contribution in [0.4, 0.5) is 0 Å². The van der Waals surface area contributed by atoms with Gasteiger partial charge in [0.05, 0.1) is 19.7 Å². The van der Waals surface area contributed by atoms with Crippen molar-refractivity contribution in [3.63, 3.8) is 0 Å². The van der Waals surface area contributed by atoms with E-state index in [-0.39, 0.29) is 18.4 Å². The number of amides is 2. The van der Waals surface area contributed by atoms with Crippen molar-refractivity contribution in [3.8, 4) is 5.75 Å². The van der Waals surface area contributed by atoms with E-state index in [0.29, 0.717) is 26.3 Å². The Kier molecular flexibility index (Phi) is 6.61. The second-order valence-electron chi connectivity index (χ2n) is 5.83. The number of para-hydroxylation sites is 1. The Balaban J connectivity index is 1.90. The Morgan fingerprint density at radius 2 is 1.92 bits per heavy atom. The van der Waals surface area contributed by atoms with Crippen LogP contribution in [-0.2, 0) is 20.7 Å². The van der Waals surface area contributed by atoms with Crippen molar-refractivity contribution >= 4 is 11.8 Å². The van der Waals surface area contributed by atoms with Crippen LogP contribution in [0.25, 0.3) is 0 Å². The number of hydrogen-bond donors (Lipinski definition) is 0. The van der Waals surface area contributed by atoms with Gasteiger partial charge in [0, 0.05) is 13.7 Å². The third-order valence-electron chi connectivity index (χ3n) is 4.29. The number of carbonyl (C=O) groups is 2. The van der Waals surface area contributed by atoms with Crippen molar-refractivity contribution in [2.24, 2.45) is 0 Å². The summed E-state index contributed by atoms with van der Waals surface area (Å²) in [4.78, 5) is 27.8. The third kappa shape index (κ3) is 4.26. The minimum absolute atomic E-state index is 0.0411. The highest BCUT2D eigenvalue weighted by atomic mass is 16.5. The molecule has 1 saturated heterocycles. The predicted octanol–water partition coefficient (Wildman–Crippen LogP) is 1.33. The first-order chi connectivity index (χ1) is 11.6. The van der Waals surface area contributed by atoms with Crippen LogP contribution in [0.1, 0.15) is 19.4 Å². The van der Waals surface area contributed by atoms with Gasteiger partial charge in [-0.1, -0.05) is 25.1 Å². The molecular formula is C18H26N2O4. The average molecular weight is 334 g/mol. The summed E-state index contributed by atoms with van der Waals surface area (Å²) in [6, 6.07) is 7.41. The highest BCUT2D eigenvalue weighted by Crippen LogP contribution is 2.19. The van der Waals surface area contributed by atoms with E-state index in [1.165, 1.54) is 0 Å². The van der Waals surface area contributed by atoms with Crippen LogP contribution >= 0.6 is 0 Å². The van der Waals surface area contributed by atoms with E-state index >= 15 is 0 Å². The molecule has 0 aromatic heterocycles. The molecule has 0 bridgehead atoms. The Hall–Kier alpha value is -2.08. The minimum atomic E-state index is -0.465. The number of hydrogen-bond acceptors (Lipinski definition) is 4. The smallest absolute Gasteiger partial charge is 0.245 e. The zero-order chi connectivity index (χ0) is 17.5. The second-order valence-corrected chi connectivity index (χ2v) is 5.83. The van der Waals surface area contributed by atoms with Crippen molar-refractivity contribution in [2.75, 3.05) is 40.0 Å². The van der Waals surface area contributed by atoms with Gasteiger partial charge < -0.3 is 19.3 Å². The van der Waals surface area contributed by atoms with Crippen LogP contribution in [0, 0.1) is 0 Å². The summed E-state index contributed by atoms with van der Waals surface area (Å²) in [5.74, 6) is 0.747. The summed E-state index contributed by atoms with van der Waals surface area (Å²) in [7, 11) is 1.58. The molecule has 1 aliphatic rings. The van der Waals surface area contributed by atoms with E-state index in [0.717, 1.165) is 17.7 Å². The molecule has 6 nitrogen and oxygen atoms in total. The molecule has 0 radical (unpaired) electrons. The predicted molar refractivity (Wildman–Crippen MR) is 90.9 cm³/mol. The number of rotatable bonds is 8. The Morgan fingerprint density at radius 3 is 2.62 bits per heavy atom. The van der Waals surface area contributed by atoms with Crippen LogP contribution in [0.5, 0.6) is 5.75 Å². The molecule has 0 spiro atoms. The van der Waals surface area contributed by atoms with Crippen molar-refractivity contribution < 1.29 is 19.1 Å². The van der Waals surface area contributed by atoms with Gasteiger partial charge in [0.25, 0.3) is 0 Å². The molecule has 0 N–H and O–H groups in total. The number of methoxy groups -OCH3 is 1. The molecule has 0 saturated carbocycles. The summed E-state index contributed by atoms with van der Waals surface area (Å²) in [6.07, 6.45) is 0.891. The number of ether oxygens (including phenoxy) is 2. The van der Waals surface area contributed by atoms with Gasteiger partial charge in [-0.15, -0.1) is 0 Å². The van der Waals surface area contributed by atoms with Gasteiger partial charge in [0.15, 0.2) is 0 Å². The molecule has 2 amide bonds. The average Bonchev–Trinajstić information content (AvgIpc) is 2.60. The molecular weight excluding hydrogens is 308 g/mol. The SMILES string of the molecule is CCc1ccccc1OCCN1C(=O)CN(CCOC)C(=O)[C@@H]1C. The monoisotopic (exact) mass is 334 g/mol. The molecule has 1 aliphatic heterocycles. The fraction of sp³-hybridized carbons (Fsp3) is 0.556. The largest absolute Gasteiger partial charge is 0.491 e. The summed E-state index contributed by atoms with van der Waals surface area (Å²) in [5.41, 5.74) is 1.14. The Morgan fingerprint density at radius 1 is 1.17 bits per heavy atom. The van der Waals surface area contributed by atoms with Crippen molar-refractivity contribution in [3.05, 3.63) is 29.8 Å². The molecule has 132 valence electrons. The fourth-order valence-corrected chi connectivity index (χ4v) is 2.85. The lowest BCUT2D eigenvalue weighted by Gasteiger charge is -2.38. The molecule has 0 unspecified atom stereocenters. The van der Waals surface area contributed by atoms with Crippen molar-refractivity contribution in [2.45, 2.75) is 26.3 Å². The van der Waals surface area contributed by atoms with Crippen molar-refractivity contribution in [1.82, 2.24) is 9.80 Å². The first-order valence-corrected chi connectivity index (χ1v) is 8.36. The lowest BCUT2D eigenvalue weighted by molar-refractivity contribution is -0.155. The molecule has 1 fully saturated rings. The zero-order valence-electron chi connectivity index (χ0n) is 14.7. The van der Waals surface area contributed by atoms with Crippen LogP contribution in [0.15, 0.2) is 24.3 Å². The number of benzene rings is 1. The van der Waals surface area contributed by atoms with E-state index in [1.54, 1.807) is 23.8 Å². The normalized spacial score (nSPS) is 18.2. The topological polar surface area (TPSA) is 59.1 Å². The van der Waals surface area contributed by atoms with Gasteiger partial charge in [-0.2, -0.15) is 0 Å². The van der Waals surface area contributed by atoms with Gasteiger partial charge in [0.2, 0.25) is 11.8 Å². The molecule has 1 atom stereocenters. The number of piperazine rings is 1. The maximum absolute atomic E-state index is 12.4. The summed E-state index contributed by atoms with van der Waals surface area (Å²) >= 11 is 0. The van der Waals surface area contributed by atoms with Crippen LogP contribution in [0.2, 0.25) is 0 Å². The van der Waals surface area contributed by atoms with Gasteiger partial charge in [-0.05, 0) is 25.0 Å². The third-order valence-corrected chi connectivity index (χ3v) is 4.29.